The zero-order chi connectivity index (χ0) is 17.8. The second-order valence-corrected chi connectivity index (χ2v) is 5.42. The number of hydrogen-bond acceptors (Lipinski definition) is 4. The first-order valence-electron chi connectivity index (χ1n) is 8.56. The van der Waals surface area contributed by atoms with Crippen molar-refractivity contribution in [1.82, 2.24) is 0 Å². The van der Waals surface area contributed by atoms with Crippen molar-refractivity contribution in [3.63, 3.8) is 0 Å². The van der Waals surface area contributed by atoms with Crippen molar-refractivity contribution < 1.29 is 19.1 Å². The molecule has 0 aliphatic heterocycles. The lowest BCUT2D eigenvalue weighted by Crippen LogP contribution is -2.20. The molecule has 0 radical (unpaired) electrons. The second-order valence-electron chi connectivity index (χ2n) is 5.42. The van der Waals surface area contributed by atoms with Crippen LogP contribution in [0.2, 0.25) is 0 Å². The minimum atomic E-state index is -0.511. The Labute approximate surface area is 144 Å². The molecule has 24 heavy (non-hydrogen) atoms. The maximum absolute atomic E-state index is 12.4. The molecular formula is C20H26O4. The molecule has 1 aromatic rings. The number of hydrogen-bond donors (Lipinski definition) is 0. The molecule has 0 aromatic heterocycles. The molecule has 0 aliphatic rings. The largest absolute Gasteiger partial charge is 0.462 e. The fourth-order valence-electron chi connectivity index (χ4n) is 2.00. The number of rotatable bonds is 8. The number of ether oxygens (including phenoxy) is 2. The average molecular weight is 330 g/mol. The summed E-state index contributed by atoms with van der Waals surface area (Å²) in [4.78, 5) is 24.5. The van der Waals surface area contributed by atoms with Crippen LogP contribution in [0.5, 0.6) is 0 Å². The first kappa shape index (κ1) is 19.8. The summed E-state index contributed by atoms with van der Waals surface area (Å²) in [6, 6.07) is 6.57. The summed E-state index contributed by atoms with van der Waals surface area (Å²) >= 11 is 0. The van der Waals surface area contributed by atoms with E-state index in [1.807, 2.05) is 13.8 Å². The number of carbonyl (C=O) groups is 2. The smallest absolute Gasteiger partial charge is 0.339 e. The molecule has 0 fully saturated rings. The molecule has 0 saturated carbocycles. The van der Waals surface area contributed by atoms with Gasteiger partial charge in [-0.2, -0.15) is 0 Å². The minimum Gasteiger partial charge on any atom is -0.462 e. The quantitative estimate of drug-likeness (QED) is 0.524. The number of carbonyl (C=O) groups excluding carboxylic acids is 2. The highest BCUT2D eigenvalue weighted by Crippen LogP contribution is 2.15. The van der Waals surface area contributed by atoms with Crippen LogP contribution in [-0.4, -0.2) is 24.6 Å². The van der Waals surface area contributed by atoms with E-state index < -0.39 is 11.9 Å². The van der Waals surface area contributed by atoms with E-state index in [1.54, 1.807) is 24.3 Å². The van der Waals surface area contributed by atoms with Gasteiger partial charge in [0.25, 0.3) is 0 Å². The third-order valence-corrected chi connectivity index (χ3v) is 3.36. The van der Waals surface area contributed by atoms with Crippen molar-refractivity contribution in [3.8, 4) is 11.8 Å². The third-order valence-electron chi connectivity index (χ3n) is 3.36. The molecule has 0 amide bonds. The van der Waals surface area contributed by atoms with Crippen molar-refractivity contribution in [2.45, 2.75) is 59.0 Å². The first-order valence-corrected chi connectivity index (χ1v) is 8.56. The van der Waals surface area contributed by atoms with Crippen LogP contribution in [0.4, 0.5) is 0 Å². The van der Waals surface area contributed by atoms with Crippen LogP contribution in [0.25, 0.3) is 0 Å². The molecule has 0 saturated heterocycles. The minimum absolute atomic E-state index is 0.235. The van der Waals surface area contributed by atoms with Crippen LogP contribution in [0.3, 0.4) is 0 Å². The SMILES string of the molecule is CCCC#CCC(CC)OC(=O)c1ccccc1C(=O)OCCC. The van der Waals surface area contributed by atoms with Crippen LogP contribution in [0.15, 0.2) is 24.3 Å². The van der Waals surface area contributed by atoms with Crippen molar-refractivity contribution in [1.29, 1.82) is 0 Å². The van der Waals surface area contributed by atoms with Gasteiger partial charge in [0.1, 0.15) is 6.10 Å². The number of unbranched alkanes of at least 4 members (excludes halogenated alkanes) is 1. The number of esters is 2. The van der Waals surface area contributed by atoms with Gasteiger partial charge < -0.3 is 9.47 Å². The van der Waals surface area contributed by atoms with Gasteiger partial charge in [-0.25, -0.2) is 9.59 Å². The van der Waals surface area contributed by atoms with Crippen molar-refractivity contribution in [2.75, 3.05) is 6.61 Å². The Hall–Kier alpha value is -2.28. The van der Waals surface area contributed by atoms with Crippen molar-refractivity contribution in [3.05, 3.63) is 35.4 Å². The molecule has 1 aromatic carbocycles. The highest BCUT2D eigenvalue weighted by molar-refractivity contribution is 6.03. The maximum atomic E-state index is 12.4. The van der Waals surface area contributed by atoms with Crippen LogP contribution < -0.4 is 0 Å². The van der Waals surface area contributed by atoms with Gasteiger partial charge in [-0.05, 0) is 31.4 Å². The molecule has 0 N–H and O–H groups in total. The van der Waals surface area contributed by atoms with E-state index in [0.717, 1.165) is 19.3 Å². The van der Waals surface area contributed by atoms with Crippen molar-refractivity contribution >= 4 is 11.9 Å². The van der Waals surface area contributed by atoms with E-state index in [-0.39, 0.29) is 17.2 Å². The molecule has 1 rings (SSSR count). The van der Waals surface area contributed by atoms with Gasteiger partial charge in [-0.3, -0.25) is 0 Å². The molecule has 0 heterocycles. The van der Waals surface area contributed by atoms with Gasteiger partial charge in [-0.15, -0.1) is 5.92 Å². The molecular weight excluding hydrogens is 304 g/mol. The monoisotopic (exact) mass is 330 g/mol. The summed E-state index contributed by atoms with van der Waals surface area (Å²) in [5, 5.41) is 0. The van der Waals surface area contributed by atoms with E-state index in [4.69, 9.17) is 9.47 Å². The predicted molar refractivity (Wildman–Crippen MR) is 93.8 cm³/mol. The molecule has 1 unspecified atom stereocenters. The van der Waals surface area contributed by atoms with Crippen LogP contribution in [0, 0.1) is 11.8 Å². The van der Waals surface area contributed by atoms with E-state index in [9.17, 15) is 9.59 Å². The van der Waals surface area contributed by atoms with Gasteiger partial charge in [0.15, 0.2) is 0 Å². The van der Waals surface area contributed by atoms with E-state index in [0.29, 0.717) is 19.4 Å². The third kappa shape index (κ3) is 6.45. The maximum Gasteiger partial charge on any atom is 0.339 e. The summed E-state index contributed by atoms with van der Waals surface area (Å²) in [6.07, 6.45) is 3.49. The second kappa shape index (κ2) is 11.3. The molecule has 1 atom stereocenters. The number of benzene rings is 1. The molecule has 0 aliphatic carbocycles. The predicted octanol–water partition coefficient (Wildman–Crippen LogP) is 4.38. The fraction of sp³-hybridized carbons (Fsp3) is 0.500. The zero-order valence-corrected chi connectivity index (χ0v) is 14.8. The zero-order valence-electron chi connectivity index (χ0n) is 14.8. The van der Waals surface area contributed by atoms with Gasteiger partial charge in [0, 0.05) is 12.8 Å². The molecule has 0 bridgehead atoms. The molecule has 0 spiro atoms. The fourth-order valence-corrected chi connectivity index (χ4v) is 2.00. The summed E-state index contributed by atoms with van der Waals surface area (Å²) in [6.45, 7) is 6.26. The Bertz CT molecular complexity index is 595. The van der Waals surface area contributed by atoms with Gasteiger partial charge >= 0.3 is 11.9 Å². The molecule has 130 valence electrons. The highest BCUT2D eigenvalue weighted by Gasteiger charge is 2.21. The summed E-state index contributed by atoms with van der Waals surface area (Å²) in [7, 11) is 0. The Morgan fingerprint density at radius 2 is 1.67 bits per heavy atom. The topological polar surface area (TPSA) is 52.6 Å². The average Bonchev–Trinajstić information content (AvgIpc) is 2.62. The lowest BCUT2D eigenvalue weighted by atomic mass is 10.1. The molecule has 4 heteroatoms. The van der Waals surface area contributed by atoms with Gasteiger partial charge in [-0.1, -0.05) is 38.8 Å². The van der Waals surface area contributed by atoms with Gasteiger partial charge in [0.2, 0.25) is 0 Å². The van der Waals surface area contributed by atoms with Gasteiger partial charge in [0.05, 0.1) is 17.7 Å². The summed E-state index contributed by atoms with van der Waals surface area (Å²) < 4.78 is 10.6. The lowest BCUT2D eigenvalue weighted by Gasteiger charge is -2.15. The normalized spacial score (nSPS) is 11.1. The summed E-state index contributed by atoms with van der Waals surface area (Å²) in [5.74, 6) is 5.08. The van der Waals surface area contributed by atoms with E-state index in [2.05, 4.69) is 18.8 Å². The Morgan fingerprint density at radius 3 is 2.25 bits per heavy atom. The Morgan fingerprint density at radius 1 is 1.00 bits per heavy atom. The first-order chi connectivity index (χ1) is 11.6. The highest BCUT2D eigenvalue weighted by atomic mass is 16.5. The van der Waals surface area contributed by atoms with Crippen LogP contribution in [0.1, 0.15) is 73.6 Å². The van der Waals surface area contributed by atoms with E-state index >= 15 is 0 Å². The van der Waals surface area contributed by atoms with Crippen LogP contribution >= 0.6 is 0 Å². The van der Waals surface area contributed by atoms with Crippen molar-refractivity contribution in [2.24, 2.45) is 0 Å². The Kier molecular flexibility index (Phi) is 9.29. The van der Waals surface area contributed by atoms with E-state index in [1.165, 1.54) is 0 Å². The lowest BCUT2D eigenvalue weighted by molar-refractivity contribution is 0.0293. The van der Waals surface area contributed by atoms with Crippen LogP contribution in [-0.2, 0) is 9.47 Å². The summed E-state index contributed by atoms with van der Waals surface area (Å²) in [5.41, 5.74) is 0.474. The standard InChI is InChI=1S/C20H26O4/c1-4-7-8-9-12-16(6-3)24-20(22)18-14-11-10-13-17(18)19(21)23-15-5-2/h10-11,13-14,16H,4-7,12,15H2,1-3H3. The molecule has 4 nitrogen and oxygen atoms in total. The Balaban J connectivity index is 2.80.